The molecule has 1 atom stereocenters. The van der Waals surface area contributed by atoms with Gasteiger partial charge in [0.25, 0.3) is 5.54 Å². The second-order valence-corrected chi connectivity index (χ2v) is 4.49. The quantitative estimate of drug-likeness (QED) is 0.663. The van der Waals surface area contributed by atoms with E-state index in [1.165, 1.54) is 6.08 Å². The minimum atomic E-state index is -1.24. The summed E-state index contributed by atoms with van der Waals surface area (Å²) in [6.07, 6.45) is 3.40. The molecule has 0 bridgehead atoms. The summed E-state index contributed by atoms with van der Waals surface area (Å²) in [5.74, 6) is 0.650. The van der Waals surface area contributed by atoms with Crippen molar-refractivity contribution in [2.24, 2.45) is 5.73 Å². The van der Waals surface area contributed by atoms with E-state index in [1.807, 2.05) is 30.3 Å². The summed E-state index contributed by atoms with van der Waals surface area (Å²) in [6, 6.07) is 9.51. The molecule has 2 N–H and O–H groups in total. The number of ether oxygens (including phenoxy) is 1. The predicted octanol–water partition coefficient (Wildman–Crippen LogP) is 1.98. The van der Waals surface area contributed by atoms with E-state index < -0.39 is 5.54 Å². The van der Waals surface area contributed by atoms with Crippen molar-refractivity contribution in [2.45, 2.75) is 12.0 Å². The first-order chi connectivity index (χ1) is 9.13. The van der Waals surface area contributed by atoms with E-state index in [2.05, 4.69) is 0 Å². The first kappa shape index (κ1) is 13.3. The van der Waals surface area contributed by atoms with E-state index >= 15 is 0 Å². The Bertz CT molecular complexity index is 537. The molecule has 0 fully saturated rings. The molecule has 100 valence electrons. The number of benzene rings is 1. The smallest absolute Gasteiger partial charge is 0.256 e. The highest BCUT2D eigenvalue weighted by Crippen LogP contribution is 2.35. The van der Waals surface area contributed by atoms with Crippen LogP contribution in [-0.2, 0) is 4.74 Å². The third-order valence-electron chi connectivity index (χ3n) is 3.38. The van der Waals surface area contributed by atoms with Gasteiger partial charge < -0.3 is 10.5 Å². The lowest BCUT2D eigenvalue weighted by atomic mass is 9.83. The molecule has 0 saturated heterocycles. The Morgan fingerprint density at radius 3 is 2.63 bits per heavy atom. The van der Waals surface area contributed by atoms with Gasteiger partial charge in [0.05, 0.1) is 20.1 Å². The molecule has 1 unspecified atom stereocenters. The molecule has 0 saturated carbocycles. The van der Waals surface area contributed by atoms with Crippen molar-refractivity contribution >= 4 is 5.57 Å². The van der Waals surface area contributed by atoms with Crippen molar-refractivity contribution in [2.75, 3.05) is 13.7 Å². The third kappa shape index (κ3) is 2.37. The average Bonchev–Trinajstić information content (AvgIpc) is 2.47. The zero-order valence-corrected chi connectivity index (χ0v) is 10.7. The predicted molar refractivity (Wildman–Crippen MR) is 72.9 cm³/mol. The zero-order chi connectivity index (χ0) is 13.9. The van der Waals surface area contributed by atoms with Gasteiger partial charge >= 0.3 is 0 Å². The molecule has 0 spiro atoms. The van der Waals surface area contributed by atoms with Crippen LogP contribution in [0.15, 0.2) is 48.2 Å². The molecular formula is C14H16N2O3. The highest BCUT2D eigenvalue weighted by Gasteiger charge is 2.42. The zero-order valence-electron chi connectivity index (χ0n) is 10.7. The number of rotatable bonds is 4. The molecule has 0 radical (unpaired) electrons. The van der Waals surface area contributed by atoms with Crippen molar-refractivity contribution in [3.05, 3.63) is 63.9 Å². The van der Waals surface area contributed by atoms with Crippen LogP contribution >= 0.6 is 0 Å². The van der Waals surface area contributed by atoms with Gasteiger partial charge in [-0.25, -0.2) is 0 Å². The van der Waals surface area contributed by atoms with E-state index in [0.29, 0.717) is 5.76 Å². The second-order valence-electron chi connectivity index (χ2n) is 4.49. The lowest BCUT2D eigenvalue weighted by Crippen LogP contribution is -2.45. The highest BCUT2D eigenvalue weighted by atomic mass is 16.6. The fraction of sp³-hybridized carbons (Fsp3) is 0.286. The Labute approximate surface area is 111 Å². The number of hydrogen-bond acceptors (Lipinski definition) is 4. The van der Waals surface area contributed by atoms with Crippen LogP contribution < -0.4 is 5.73 Å². The van der Waals surface area contributed by atoms with Gasteiger partial charge in [-0.1, -0.05) is 30.3 Å². The Hall–Kier alpha value is -2.14. The minimum Gasteiger partial charge on any atom is -0.496 e. The molecule has 1 aromatic carbocycles. The Morgan fingerprint density at radius 1 is 1.42 bits per heavy atom. The topological polar surface area (TPSA) is 78.4 Å². The lowest BCUT2D eigenvalue weighted by molar-refractivity contribution is -0.550. The van der Waals surface area contributed by atoms with E-state index in [1.54, 1.807) is 13.2 Å². The van der Waals surface area contributed by atoms with Crippen LogP contribution in [0.2, 0.25) is 0 Å². The number of hydrogen-bond donors (Lipinski definition) is 1. The minimum absolute atomic E-state index is 0.0379. The van der Waals surface area contributed by atoms with Gasteiger partial charge in [-0.05, 0) is 17.7 Å². The summed E-state index contributed by atoms with van der Waals surface area (Å²) in [5, 5.41) is 11.3. The van der Waals surface area contributed by atoms with Gasteiger partial charge in [0.15, 0.2) is 0 Å². The Morgan fingerprint density at radius 2 is 2.11 bits per heavy atom. The molecule has 0 aliphatic heterocycles. The van der Waals surface area contributed by atoms with Crippen LogP contribution in [0, 0.1) is 10.1 Å². The largest absolute Gasteiger partial charge is 0.496 e. The van der Waals surface area contributed by atoms with E-state index in [-0.39, 0.29) is 17.9 Å². The van der Waals surface area contributed by atoms with Crippen molar-refractivity contribution in [1.82, 2.24) is 0 Å². The maximum absolute atomic E-state index is 11.3. The fourth-order valence-corrected chi connectivity index (χ4v) is 2.20. The molecule has 1 aromatic rings. The van der Waals surface area contributed by atoms with Gasteiger partial charge in [-0.15, -0.1) is 0 Å². The average molecular weight is 260 g/mol. The summed E-state index contributed by atoms with van der Waals surface area (Å²) in [7, 11) is 1.56. The van der Waals surface area contributed by atoms with Gasteiger partial charge in [0.1, 0.15) is 5.76 Å². The number of nitrogens with zero attached hydrogens (tertiary/aromatic N) is 1. The summed E-state index contributed by atoms with van der Waals surface area (Å²) in [5.41, 5.74) is 6.10. The molecule has 2 rings (SSSR count). The lowest BCUT2D eigenvalue weighted by Gasteiger charge is -2.26. The maximum Gasteiger partial charge on any atom is 0.256 e. The van der Waals surface area contributed by atoms with Crippen LogP contribution in [0.5, 0.6) is 0 Å². The van der Waals surface area contributed by atoms with Crippen molar-refractivity contribution in [3.63, 3.8) is 0 Å². The monoisotopic (exact) mass is 260 g/mol. The van der Waals surface area contributed by atoms with E-state index in [0.717, 1.165) is 11.1 Å². The first-order valence-electron chi connectivity index (χ1n) is 5.99. The van der Waals surface area contributed by atoms with Crippen molar-refractivity contribution in [3.8, 4) is 0 Å². The number of nitrogens with two attached hydrogens (primary N) is 1. The standard InChI is InChI=1S/C14H16N2O3/c1-19-13-7-8-14(10-15,16(17)18)9-12(13)11-5-3-2-4-6-11/h2-8H,9-10,15H2,1H3. The van der Waals surface area contributed by atoms with Gasteiger partial charge in [-0.3, -0.25) is 10.1 Å². The van der Waals surface area contributed by atoms with Crippen LogP contribution in [0.3, 0.4) is 0 Å². The molecule has 1 aliphatic carbocycles. The van der Waals surface area contributed by atoms with E-state index in [4.69, 9.17) is 10.5 Å². The molecule has 0 aromatic heterocycles. The van der Waals surface area contributed by atoms with Gasteiger partial charge in [0.2, 0.25) is 0 Å². The summed E-state index contributed by atoms with van der Waals surface area (Å²) in [4.78, 5) is 11.0. The fourth-order valence-electron chi connectivity index (χ4n) is 2.20. The SMILES string of the molecule is COC1=C(c2ccccc2)CC(CN)([N+](=O)[O-])C=C1. The van der Waals surface area contributed by atoms with Crippen LogP contribution in [0.25, 0.3) is 5.57 Å². The molecule has 0 heterocycles. The third-order valence-corrected chi connectivity index (χ3v) is 3.38. The van der Waals surface area contributed by atoms with Gasteiger partial charge in [-0.2, -0.15) is 0 Å². The number of allylic oxidation sites excluding steroid dienone is 1. The maximum atomic E-state index is 11.3. The molecule has 5 nitrogen and oxygen atoms in total. The Kier molecular flexibility index (Phi) is 3.66. The highest BCUT2D eigenvalue weighted by molar-refractivity contribution is 5.72. The van der Waals surface area contributed by atoms with Crippen molar-refractivity contribution in [1.29, 1.82) is 0 Å². The molecular weight excluding hydrogens is 244 g/mol. The first-order valence-corrected chi connectivity index (χ1v) is 5.99. The molecule has 19 heavy (non-hydrogen) atoms. The molecule has 1 aliphatic rings. The Balaban J connectivity index is 2.47. The summed E-state index contributed by atoms with van der Waals surface area (Å²) in [6.45, 7) is -0.0379. The van der Waals surface area contributed by atoms with Crippen LogP contribution in [0.4, 0.5) is 0 Å². The second kappa shape index (κ2) is 5.24. The molecule has 0 amide bonds. The van der Waals surface area contributed by atoms with Crippen molar-refractivity contribution < 1.29 is 9.66 Å². The van der Waals surface area contributed by atoms with Gasteiger partial charge in [0, 0.05) is 10.5 Å². The summed E-state index contributed by atoms with van der Waals surface area (Å²) >= 11 is 0. The normalized spacial score (nSPS) is 22.4. The van der Waals surface area contributed by atoms with E-state index in [9.17, 15) is 10.1 Å². The summed E-state index contributed by atoms with van der Waals surface area (Å²) < 4.78 is 5.31. The molecule has 5 heteroatoms. The van der Waals surface area contributed by atoms with Crippen LogP contribution in [0.1, 0.15) is 12.0 Å². The number of methoxy groups -OCH3 is 1. The number of nitro groups is 1. The van der Waals surface area contributed by atoms with Crippen LogP contribution in [-0.4, -0.2) is 24.1 Å².